The Morgan fingerprint density at radius 2 is 2.00 bits per heavy atom. The Hall–Kier alpha value is -1.77. The Morgan fingerprint density at radius 1 is 1.33 bits per heavy atom. The Bertz CT molecular complexity index is 827. The summed E-state index contributed by atoms with van der Waals surface area (Å²) in [6.45, 7) is 4.08. The minimum Gasteiger partial charge on any atom is -0.336 e. The number of carbonyl (C=O) groups is 1. The molecule has 128 valence electrons. The van der Waals surface area contributed by atoms with Crippen LogP contribution in [0.4, 0.5) is 0 Å². The number of aromatic nitrogens is 1. The number of hydrogen-bond donors (Lipinski definition) is 1. The first kappa shape index (κ1) is 17.1. The third kappa shape index (κ3) is 3.50. The van der Waals surface area contributed by atoms with Crippen LogP contribution in [0.5, 0.6) is 0 Å². The van der Waals surface area contributed by atoms with E-state index < -0.39 is 15.3 Å². The molecule has 1 fully saturated rings. The first-order chi connectivity index (χ1) is 11.4. The molecule has 1 unspecified atom stereocenters. The molecule has 24 heavy (non-hydrogen) atoms. The molecule has 1 atom stereocenters. The Labute approximate surface area is 145 Å². The van der Waals surface area contributed by atoms with Crippen molar-refractivity contribution in [2.24, 2.45) is 0 Å². The quantitative estimate of drug-likeness (QED) is 0.878. The smallest absolute Gasteiger partial charge is 0.253 e. The Balaban J connectivity index is 1.59. The van der Waals surface area contributed by atoms with E-state index in [9.17, 15) is 13.2 Å². The van der Waals surface area contributed by atoms with Gasteiger partial charge in [0, 0.05) is 29.7 Å². The lowest BCUT2D eigenvalue weighted by molar-refractivity contribution is 0.0658. The third-order valence-electron chi connectivity index (χ3n) is 3.94. The summed E-state index contributed by atoms with van der Waals surface area (Å²) in [5.41, 5.74) is 1.46. The van der Waals surface area contributed by atoms with E-state index in [0.717, 1.165) is 10.7 Å². The van der Waals surface area contributed by atoms with Crippen molar-refractivity contribution in [3.05, 3.63) is 52.0 Å². The second kappa shape index (κ2) is 6.62. The first-order valence-corrected chi connectivity index (χ1v) is 10.1. The van der Waals surface area contributed by atoms with Gasteiger partial charge in [-0.05, 0) is 26.0 Å². The number of carbonyl (C=O) groups excluding carboxylic acids is 1. The van der Waals surface area contributed by atoms with Crippen molar-refractivity contribution in [3.8, 4) is 0 Å². The zero-order valence-electron chi connectivity index (χ0n) is 13.5. The summed E-state index contributed by atoms with van der Waals surface area (Å²) in [5.74, 6) is -0.134. The van der Waals surface area contributed by atoms with Crippen molar-refractivity contribution in [2.75, 3.05) is 13.1 Å². The molecule has 0 radical (unpaired) electrons. The average molecular weight is 365 g/mol. The maximum Gasteiger partial charge on any atom is 0.253 e. The zero-order valence-corrected chi connectivity index (χ0v) is 15.1. The SMILES string of the molecule is Cc1csc(C(C)NS(=O)(=O)C2CN(C(=O)c3ccccc3)C2)n1. The fourth-order valence-corrected chi connectivity index (χ4v) is 4.96. The van der Waals surface area contributed by atoms with Gasteiger partial charge in [-0.15, -0.1) is 11.3 Å². The van der Waals surface area contributed by atoms with Crippen LogP contribution in [0.2, 0.25) is 0 Å². The molecule has 2 aromatic rings. The van der Waals surface area contributed by atoms with Gasteiger partial charge in [-0.1, -0.05) is 18.2 Å². The number of sulfonamides is 1. The molecule has 6 nitrogen and oxygen atoms in total. The number of rotatable bonds is 5. The minimum atomic E-state index is -3.49. The van der Waals surface area contributed by atoms with Crippen LogP contribution < -0.4 is 4.72 Å². The van der Waals surface area contributed by atoms with Crippen molar-refractivity contribution in [1.29, 1.82) is 0 Å². The molecule has 0 aliphatic carbocycles. The van der Waals surface area contributed by atoms with Crippen molar-refractivity contribution < 1.29 is 13.2 Å². The van der Waals surface area contributed by atoms with E-state index in [1.54, 1.807) is 36.1 Å². The molecule has 0 saturated carbocycles. The zero-order chi connectivity index (χ0) is 17.3. The van der Waals surface area contributed by atoms with Gasteiger partial charge in [0.25, 0.3) is 5.91 Å². The molecule has 8 heteroatoms. The number of nitrogens with zero attached hydrogens (tertiary/aromatic N) is 2. The fourth-order valence-electron chi connectivity index (χ4n) is 2.53. The van der Waals surface area contributed by atoms with E-state index in [1.807, 2.05) is 18.4 Å². The lowest BCUT2D eigenvalue weighted by Gasteiger charge is -2.39. The van der Waals surface area contributed by atoms with Crippen LogP contribution in [-0.4, -0.2) is 42.5 Å². The maximum absolute atomic E-state index is 12.4. The van der Waals surface area contributed by atoms with Gasteiger partial charge in [0.2, 0.25) is 10.0 Å². The number of amides is 1. The predicted molar refractivity (Wildman–Crippen MR) is 93.5 cm³/mol. The van der Waals surface area contributed by atoms with E-state index in [0.29, 0.717) is 5.56 Å². The van der Waals surface area contributed by atoms with Gasteiger partial charge in [-0.3, -0.25) is 4.79 Å². The second-order valence-electron chi connectivity index (χ2n) is 5.91. The third-order valence-corrected chi connectivity index (χ3v) is 6.95. The molecule has 1 amide bonds. The van der Waals surface area contributed by atoms with Gasteiger partial charge in [0.15, 0.2) is 0 Å². The molecule has 1 aliphatic heterocycles. The van der Waals surface area contributed by atoms with Crippen molar-refractivity contribution in [3.63, 3.8) is 0 Å². The van der Waals surface area contributed by atoms with Crippen LogP contribution in [0.25, 0.3) is 0 Å². The van der Waals surface area contributed by atoms with Crippen molar-refractivity contribution >= 4 is 27.3 Å². The summed E-state index contributed by atoms with van der Waals surface area (Å²) >= 11 is 1.44. The Morgan fingerprint density at radius 3 is 2.58 bits per heavy atom. The van der Waals surface area contributed by atoms with Crippen LogP contribution in [0.15, 0.2) is 35.7 Å². The fraction of sp³-hybridized carbons (Fsp3) is 0.375. The Kier molecular flexibility index (Phi) is 4.71. The van der Waals surface area contributed by atoms with Crippen molar-refractivity contribution in [1.82, 2.24) is 14.6 Å². The molecule has 1 N–H and O–H groups in total. The van der Waals surface area contributed by atoms with Crippen molar-refractivity contribution in [2.45, 2.75) is 25.1 Å². The predicted octanol–water partition coefficient (Wildman–Crippen LogP) is 1.96. The lowest BCUT2D eigenvalue weighted by atomic mass is 10.1. The summed E-state index contributed by atoms with van der Waals surface area (Å²) < 4.78 is 27.5. The summed E-state index contributed by atoms with van der Waals surface area (Å²) in [5, 5.41) is 2.06. The summed E-state index contributed by atoms with van der Waals surface area (Å²) in [6, 6.07) is 8.52. The van der Waals surface area contributed by atoms with Gasteiger partial charge < -0.3 is 4.90 Å². The van der Waals surface area contributed by atoms with E-state index in [2.05, 4.69) is 9.71 Å². The number of benzene rings is 1. The molecule has 1 aliphatic rings. The first-order valence-electron chi connectivity index (χ1n) is 7.64. The monoisotopic (exact) mass is 365 g/mol. The van der Waals surface area contributed by atoms with Crippen LogP contribution >= 0.6 is 11.3 Å². The number of nitrogens with one attached hydrogen (secondary N) is 1. The molecular weight excluding hydrogens is 346 g/mol. The summed E-state index contributed by atoms with van der Waals surface area (Å²) in [7, 11) is -3.49. The molecule has 1 aromatic carbocycles. The molecule has 2 heterocycles. The average Bonchev–Trinajstić information content (AvgIpc) is 2.92. The van der Waals surface area contributed by atoms with Gasteiger partial charge in [0.05, 0.1) is 6.04 Å². The number of thiazole rings is 1. The molecular formula is C16H19N3O3S2. The highest BCUT2D eigenvalue weighted by atomic mass is 32.2. The highest BCUT2D eigenvalue weighted by Crippen LogP contribution is 2.23. The van der Waals surface area contributed by atoms with E-state index in [1.165, 1.54) is 11.3 Å². The summed E-state index contributed by atoms with van der Waals surface area (Å²) in [6.07, 6.45) is 0. The molecule has 3 rings (SSSR count). The second-order valence-corrected chi connectivity index (χ2v) is 8.79. The van der Waals surface area contributed by atoms with Gasteiger partial charge >= 0.3 is 0 Å². The largest absolute Gasteiger partial charge is 0.336 e. The number of likely N-dealkylation sites (tertiary alicyclic amines) is 1. The molecule has 1 saturated heterocycles. The summed E-state index contributed by atoms with van der Waals surface area (Å²) in [4.78, 5) is 18.1. The lowest BCUT2D eigenvalue weighted by Crippen LogP contribution is -2.59. The van der Waals surface area contributed by atoms with Gasteiger partial charge in [0.1, 0.15) is 10.3 Å². The van der Waals surface area contributed by atoms with Gasteiger partial charge in [-0.2, -0.15) is 0 Å². The normalized spacial score (nSPS) is 16.7. The van der Waals surface area contributed by atoms with Gasteiger partial charge in [-0.25, -0.2) is 18.1 Å². The maximum atomic E-state index is 12.4. The minimum absolute atomic E-state index is 0.134. The molecule has 1 aromatic heterocycles. The van der Waals surface area contributed by atoms with Crippen LogP contribution in [0.1, 0.15) is 34.0 Å². The standard InChI is InChI=1S/C16H19N3O3S2/c1-11-10-23-15(17-11)12(2)18-24(21,22)14-8-19(9-14)16(20)13-6-4-3-5-7-13/h3-7,10,12,14,18H,8-9H2,1-2H3. The van der Waals surface area contributed by atoms with Crippen LogP contribution in [-0.2, 0) is 10.0 Å². The molecule has 0 spiro atoms. The van der Waals surface area contributed by atoms with E-state index >= 15 is 0 Å². The number of hydrogen-bond acceptors (Lipinski definition) is 5. The highest BCUT2D eigenvalue weighted by Gasteiger charge is 2.40. The highest BCUT2D eigenvalue weighted by molar-refractivity contribution is 7.90. The van der Waals surface area contributed by atoms with E-state index in [-0.39, 0.29) is 25.0 Å². The molecule has 0 bridgehead atoms. The van der Waals surface area contributed by atoms with E-state index in [4.69, 9.17) is 0 Å². The van der Waals surface area contributed by atoms with Crippen LogP contribution in [0.3, 0.4) is 0 Å². The topological polar surface area (TPSA) is 79.4 Å². The van der Waals surface area contributed by atoms with Crippen LogP contribution in [0, 0.1) is 6.92 Å². The number of aryl methyl sites for hydroxylation is 1.